The number of carbonyl (C=O) groups is 1. The number of aryl methyl sites for hydroxylation is 1. The maximum absolute atomic E-state index is 13.5. The minimum Gasteiger partial charge on any atom is -0.269 e. The second-order valence-electron chi connectivity index (χ2n) is 4.16. The summed E-state index contributed by atoms with van der Waals surface area (Å²) in [5.74, 6) is -3.14. The Bertz CT molecular complexity index is 845. The van der Waals surface area contributed by atoms with E-state index in [1.54, 1.807) is 11.6 Å². The van der Waals surface area contributed by atoms with Gasteiger partial charge in [-0.05, 0) is 25.1 Å². The van der Waals surface area contributed by atoms with Crippen LogP contribution in [0.25, 0.3) is 6.08 Å². The highest BCUT2D eigenvalue weighted by molar-refractivity contribution is 7.90. The number of thiazole rings is 1. The molecule has 1 aromatic heterocycles. The van der Waals surface area contributed by atoms with E-state index in [1.165, 1.54) is 23.6 Å². The number of hydrogen-bond donors (Lipinski definition) is 1. The zero-order chi connectivity index (χ0) is 16.3. The second-order valence-corrected chi connectivity index (χ2v) is 7.08. The van der Waals surface area contributed by atoms with Crippen molar-refractivity contribution in [2.45, 2.75) is 11.8 Å². The molecule has 0 fully saturated rings. The summed E-state index contributed by atoms with van der Waals surface area (Å²) in [6.07, 6.45) is 3.90. The Balaban J connectivity index is 2.14. The van der Waals surface area contributed by atoms with Gasteiger partial charge in [0.1, 0.15) is 16.5 Å². The van der Waals surface area contributed by atoms with Gasteiger partial charge in [-0.3, -0.25) is 4.79 Å². The van der Waals surface area contributed by atoms with Gasteiger partial charge in [0.05, 0.1) is 5.01 Å². The van der Waals surface area contributed by atoms with Crippen LogP contribution >= 0.6 is 11.3 Å². The molecular weight excluding hydrogens is 334 g/mol. The summed E-state index contributed by atoms with van der Waals surface area (Å²) in [5, 5.41) is 0.793. The van der Waals surface area contributed by atoms with Crippen LogP contribution in [0, 0.1) is 18.6 Å². The summed E-state index contributed by atoms with van der Waals surface area (Å²) in [5.41, 5.74) is 0. The lowest BCUT2D eigenvalue weighted by Gasteiger charge is -2.05. The maximum atomic E-state index is 13.5. The number of amides is 1. The van der Waals surface area contributed by atoms with E-state index in [0.717, 1.165) is 23.2 Å². The number of sulfonamides is 1. The lowest BCUT2D eigenvalue weighted by atomic mass is 10.3. The van der Waals surface area contributed by atoms with Gasteiger partial charge in [0, 0.05) is 23.2 Å². The maximum Gasteiger partial charge on any atom is 0.267 e. The van der Waals surface area contributed by atoms with E-state index in [4.69, 9.17) is 0 Å². The minimum absolute atomic E-state index is 0.426. The van der Waals surface area contributed by atoms with Gasteiger partial charge >= 0.3 is 0 Å². The van der Waals surface area contributed by atoms with Crippen LogP contribution in [0.15, 0.2) is 35.4 Å². The van der Waals surface area contributed by atoms with Crippen LogP contribution in [0.4, 0.5) is 8.78 Å². The van der Waals surface area contributed by atoms with Crippen LogP contribution in [-0.2, 0) is 14.8 Å². The second kappa shape index (κ2) is 6.32. The molecule has 0 aliphatic heterocycles. The molecule has 2 rings (SSSR count). The molecule has 1 N–H and O–H groups in total. The van der Waals surface area contributed by atoms with E-state index in [1.807, 2.05) is 0 Å². The summed E-state index contributed by atoms with van der Waals surface area (Å²) >= 11 is 1.32. The molecule has 116 valence electrons. The first-order valence-corrected chi connectivity index (χ1v) is 8.20. The molecule has 9 heteroatoms. The van der Waals surface area contributed by atoms with Gasteiger partial charge in [-0.15, -0.1) is 11.3 Å². The van der Waals surface area contributed by atoms with Gasteiger partial charge in [0.2, 0.25) is 0 Å². The summed E-state index contributed by atoms with van der Waals surface area (Å²) in [4.78, 5) is 15.4. The number of carbonyl (C=O) groups excluding carboxylic acids is 1. The topological polar surface area (TPSA) is 76.1 Å². The number of benzene rings is 1. The highest BCUT2D eigenvalue weighted by Gasteiger charge is 2.21. The number of nitrogens with zero attached hydrogens (tertiary/aromatic N) is 1. The van der Waals surface area contributed by atoms with Crippen molar-refractivity contribution in [1.82, 2.24) is 9.71 Å². The third kappa shape index (κ3) is 3.95. The zero-order valence-electron chi connectivity index (χ0n) is 11.2. The van der Waals surface area contributed by atoms with Crippen molar-refractivity contribution >= 4 is 33.3 Å². The van der Waals surface area contributed by atoms with Crippen molar-refractivity contribution in [3.8, 4) is 0 Å². The molecule has 5 nitrogen and oxygen atoms in total. The predicted molar refractivity (Wildman–Crippen MR) is 77.6 cm³/mol. The zero-order valence-corrected chi connectivity index (χ0v) is 12.8. The Morgan fingerprint density at radius 3 is 2.68 bits per heavy atom. The van der Waals surface area contributed by atoms with Crippen molar-refractivity contribution in [3.05, 3.63) is 52.0 Å². The lowest BCUT2D eigenvalue weighted by molar-refractivity contribution is -0.114. The molecule has 0 saturated carbocycles. The molecule has 0 unspecified atom stereocenters. The number of nitrogens with one attached hydrogen (secondary N) is 1. The Morgan fingerprint density at radius 1 is 1.36 bits per heavy atom. The van der Waals surface area contributed by atoms with Crippen molar-refractivity contribution in [2.24, 2.45) is 0 Å². The number of halogens is 2. The van der Waals surface area contributed by atoms with E-state index >= 15 is 0 Å². The quantitative estimate of drug-likeness (QED) is 0.863. The van der Waals surface area contributed by atoms with Crippen LogP contribution in [-0.4, -0.2) is 19.3 Å². The molecular formula is C13H10F2N2O3S2. The Morgan fingerprint density at radius 2 is 2.09 bits per heavy atom. The third-order valence-electron chi connectivity index (χ3n) is 2.46. The van der Waals surface area contributed by atoms with Gasteiger partial charge in [-0.2, -0.15) is 0 Å². The summed E-state index contributed by atoms with van der Waals surface area (Å²) in [6, 6.07) is 1.96. The Hall–Kier alpha value is -2.13. The average molecular weight is 344 g/mol. The molecule has 2 aromatic rings. The molecule has 1 aromatic carbocycles. The van der Waals surface area contributed by atoms with E-state index in [-0.39, 0.29) is 0 Å². The summed E-state index contributed by atoms with van der Waals surface area (Å²) in [6.45, 7) is 1.78. The number of aromatic nitrogens is 1. The van der Waals surface area contributed by atoms with Crippen molar-refractivity contribution in [2.75, 3.05) is 0 Å². The fraction of sp³-hybridized carbons (Fsp3) is 0.0769. The van der Waals surface area contributed by atoms with Gasteiger partial charge in [0.15, 0.2) is 0 Å². The van der Waals surface area contributed by atoms with Crippen LogP contribution in [0.5, 0.6) is 0 Å². The first-order chi connectivity index (χ1) is 10.3. The molecule has 0 atom stereocenters. The minimum atomic E-state index is -4.41. The monoisotopic (exact) mass is 344 g/mol. The van der Waals surface area contributed by atoms with Crippen molar-refractivity contribution in [3.63, 3.8) is 0 Å². The summed E-state index contributed by atoms with van der Waals surface area (Å²) < 4.78 is 51.6. The standard InChI is InChI=1S/C13H10F2N2O3S2/c1-8-16-7-10(21-8)3-5-13(18)17-22(19,20)12-4-2-9(14)6-11(12)15/h2-7H,1H3,(H,17,18)/b5-3-. The first kappa shape index (κ1) is 16.2. The van der Waals surface area contributed by atoms with Crippen molar-refractivity contribution < 1.29 is 22.0 Å². The van der Waals surface area contributed by atoms with Gasteiger partial charge in [-0.1, -0.05) is 0 Å². The van der Waals surface area contributed by atoms with Crippen LogP contribution in [0.3, 0.4) is 0 Å². The van der Waals surface area contributed by atoms with Crippen LogP contribution in [0.1, 0.15) is 9.88 Å². The molecule has 1 heterocycles. The molecule has 0 saturated heterocycles. The first-order valence-electron chi connectivity index (χ1n) is 5.90. The van der Waals surface area contributed by atoms with Gasteiger partial charge < -0.3 is 0 Å². The molecule has 0 bridgehead atoms. The van der Waals surface area contributed by atoms with Gasteiger partial charge in [-0.25, -0.2) is 26.9 Å². The summed E-state index contributed by atoms with van der Waals surface area (Å²) in [7, 11) is -4.41. The number of hydrogen-bond acceptors (Lipinski definition) is 5. The molecule has 0 spiro atoms. The van der Waals surface area contributed by atoms with E-state index < -0.39 is 32.5 Å². The number of rotatable bonds is 4. The fourth-order valence-corrected chi connectivity index (χ4v) is 3.22. The largest absolute Gasteiger partial charge is 0.269 e. The smallest absolute Gasteiger partial charge is 0.267 e. The van der Waals surface area contributed by atoms with E-state index in [2.05, 4.69) is 4.98 Å². The third-order valence-corrected chi connectivity index (χ3v) is 4.71. The van der Waals surface area contributed by atoms with E-state index in [0.29, 0.717) is 10.9 Å². The molecule has 0 radical (unpaired) electrons. The molecule has 1 amide bonds. The SMILES string of the molecule is Cc1ncc(/C=C\C(=O)NS(=O)(=O)c2ccc(F)cc2F)s1. The van der Waals surface area contributed by atoms with Crippen molar-refractivity contribution in [1.29, 1.82) is 0 Å². The Labute approximate surface area is 129 Å². The normalized spacial score (nSPS) is 11.8. The van der Waals surface area contributed by atoms with Gasteiger partial charge in [0.25, 0.3) is 15.9 Å². The molecule has 0 aliphatic carbocycles. The molecule has 22 heavy (non-hydrogen) atoms. The fourth-order valence-electron chi connectivity index (χ4n) is 1.53. The average Bonchev–Trinajstić information content (AvgIpc) is 2.81. The Kier molecular flexibility index (Phi) is 4.67. The highest BCUT2D eigenvalue weighted by Crippen LogP contribution is 2.16. The molecule has 0 aliphatic rings. The predicted octanol–water partition coefficient (Wildman–Crippen LogP) is 2.25. The van der Waals surface area contributed by atoms with Crippen LogP contribution < -0.4 is 4.72 Å². The van der Waals surface area contributed by atoms with E-state index in [9.17, 15) is 22.0 Å². The lowest BCUT2D eigenvalue weighted by Crippen LogP contribution is -2.29. The highest BCUT2D eigenvalue weighted by atomic mass is 32.2. The van der Waals surface area contributed by atoms with Crippen LogP contribution in [0.2, 0.25) is 0 Å².